The van der Waals surface area contributed by atoms with Crippen LogP contribution in [0, 0.1) is 12.7 Å². The summed E-state index contributed by atoms with van der Waals surface area (Å²) in [6.45, 7) is 9.85. The molecule has 1 aliphatic heterocycles. The molecular weight excluding hydrogens is 528 g/mol. The van der Waals surface area contributed by atoms with Crippen LogP contribution in [-0.4, -0.2) is 77.7 Å². The molecule has 1 atom stereocenters. The Morgan fingerprint density at radius 2 is 2.06 bits per heavy atom. The van der Waals surface area contributed by atoms with Gasteiger partial charge in [-0.05, 0) is 26.0 Å². The smallest absolute Gasteiger partial charge is 0.191 e. The van der Waals surface area contributed by atoms with E-state index in [0.29, 0.717) is 24.8 Å². The van der Waals surface area contributed by atoms with Crippen LogP contribution in [0.3, 0.4) is 0 Å². The molecule has 1 aromatic heterocycles. The zero-order valence-electron chi connectivity index (χ0n) is 18.9. The number of aromatic nitrogens is 3. The third-order valence-corrected chi connectivity index (χ3v) is 5.08. The summed E-state index contributed by atoms with van der Waals surface area (Å²) in [6, 6.07) is 6.15. The van der Waals surface area contributed by atoms with Crippen LogP contribution >= 0.6 is 24.0 Å². The normalized spacial score (nSPS) is 15.7. The lowest BCUT2D eigenvalue weighted by Crippen LogP contribution is -2.46. The molecule has 0 saturated carbocycles. The van der Waals surface area contributed by atoms with E-state index in [0.717, 1.165) is 51.0 Å². The molecule has 2 aromatic rings. The molecule has 1 unspecified atom stereocenters. The summed E-state index contributed by atoms with van der Waals surface area (Å²) in [5.74, 6) is 2.49. The average Bonchev–Trinajstić information content (AvgIpc) is 3.08. The molecule has 3 rings (SSSR count). The highest BCUT2D eigenvalue weighted by atomic mass is 127. The Kier molecular flexibility index (Phi) is 11.1. The number of benzene rings is 1. The Labute approximate surface area is 205 Å². The molecule has 0 spiro atoms. The first-order chi connectivity index (χ1) is 15.0. The first kappa shape index (κ1) is 26.3. The summed E-state index contributed by atoms with van der Waals surface area (Å²) in [5, 5.41) is 14.9. The van der Waals surface area contributed by atoms with Gasteiger partial charge < -0.3 is 24.7 Å². The second-order valence-electron chi connectivity index (χ2n) is 7.53. The Hall–Kier alpha value is -1.99. The van der Waals surface area contributed by atoms with E-state index < -0.39 is 0 Å². The SMILES string of the molecule is Cc1nnc(CN=C(NCCN2CCOCC2)NCC(C)Oc2cccc(F)c2)n1C.I. The first-order valence-corrected chi connectivity index (χ1v) is 10.6. The molecule has 178 valence electrons. The molecule has 1 saturated heterocycles. The number of rotatable bonds is 9. The van der Waals surface area contributed by atoms with Crippen LogP contribution in [0.5, 0.6) is 5.75 Å². The molecular formula is C21H33FIN7O2. The number of morpholine rings is 1. The van der Waals surface area contributed by atoms with E-state index in [1.54, 1.807) is 12.1 Å². The molecule has 1 aliphatic rings. The van der Waals surface area contributed by atoms with Crippen LogP contribution in [0.25, 0.3) is 0 Å². The molecule has 0 aliphatic carbocycles. The van der Waals surface area contributed by atoms with Gasteiger partial charge >= 0.3 is 0 Å². The minimum Gasteiger partial charge on any atom is -0.489 e. The van der Waals surface area contributed by atoms with E-state index in [1.807, 2.05) is 25.5 Å². The number of nitrogens with zero attached hydrogens (tertiary/aromatic N) is 5. The fraction of sp³-hybridized carbons (Fsp3) is 0.571. The second-order valence-corrected chi connectivity index (χ2v) is 7.53. The number of guanidine groups is 1. The molecule has 0 radical (unpaired) electrons. The minimum absolute atomic E-state index is 0. The third-order valence-electron chi connectivity index (χ3n) is 5.08. The van der Waals surface area contributed by atoms with Gasteiger partial charge in [0, 0.05) is 39.3 Å². The predicted molar refractivity (Wildman–Crippen MR) is 132 cm³/mol. The average molecular weight is 561 g/mol. The molecule has 11 heteroatoms. The van der Waals surface area contributed by atoms with Gasteiger partial charge in [-0.1, -0.05) is 6.07 Å². The van der Waals surface area contributed by atoms with Crippen LogP contribution in [0.2, 0.25) is 0 Å². The van der Waals surface area contributed by atoms with Crippen molar-refractivity contribution in [3.63, 3.8) is 0 Å². The van der Waals surface area contributed by atoms with Crippen LogP contribution in [-0.2, 0) is 18.3 Å². The van der Waals surface area contributed by atoms with Gasteiger partial charge in [0.1, 0.15) is 30.0 Å². The summed E-state index contributed by atoms with van der Waals surface area (Å²) < 4.78 is 26.5. The van der Waals surface area contributed by atoms with Crippen molar-refractivity contribution in [2.75, 3.05) is 45.9 Å². The zero-order chi connectivity index (χ0) is 22.1. The lowest BCUT2D eigenvalue weighted by Gasteiger charge is -2.27. The maximum Gasteiger partial charge on any atom is 0.191 e. The van der Waals surface area contributed by atoms with E-state index in [2.05, 4.69) is 30.7 Å². The van der Waals surface area contributed by atoms with Gasteiger partial charge in [-0.2, -0.15) is 0 Å². The highest BCUT2D eigenvalue weighted by molar-refractivity contribution is 14.0. The van der Waals surface area contributed by atoms with Crippen molar-refractivity contribution in [2.45, 2.75) is 26.5 Å². The topological polar surface area (TPSA) is 88.8 Å². The van der Waals surface area contributed by atoms with Crippen molar-refractivity contribution in [3.05, 3.63) is 41.7 Å². The molecule has 1 fully saturated rings. The van der Waals surface area contributed by atoms with Gasteiger partial charge in [0.15, 0.2) is 11.8 Å². The highest BCUT2D eigenvalue weighted by Gasteiger charge is 2.11. The molecule has 2 heterocycles. The maximum absolute atomic E-state index is 13.4. The van der Waals surface area contributed by atoms with Crippen LogP contribution in [0.4, 0.5) is 4.39 Å². The number of nitrogens with one attached hydrogen (secondary N) is 2. The second kappa shape index (κ2) is 13.5. The Bertz CT molecular complexity index is 858. The molecule has 32 heavy (non-hydrogen) atoms. The van der Waals surface area contributed by atoms with Gasteiger partial charge in [-0.3, -0.25) is 4.90 Å². The fourth-order valence-corrected chi connectivity index (χ4v) is 3.12. The fourth-order valence-electron chi connectivity index (χ4n) is 3.12. The van der Waals surface area contributed by atoms with Crippen molar-refractivity contribution in [2.24, 2.45) is 12.0 Å². The summed E-state index contributed by atoms with van der Waals surface area (Å²) in [7, 11) is 1.92. The largest absolute Gasteiger partial charge is 0.489 e. The van der Waals surface area contributed by atoms with Crippen molar-refractivity contribution < 1.29 is 13.9 Å². The van der Waals surface area contributed by atoms with Crippen LogP contribution < -0.4 is 15.4 Å². The molecule has 0 bridgehead atoms. The first-order valence-electron chi connectivity index (χ1n) is 10.6. The van der Waals surface area contributed by atoms with Gasteiger partial charge in [0.25, 0.3) is 0 Å². The van der Waals surface area contributed by atoms with E-state index in [1.165, 1.54) is 12.1 Å². The molecule has 2 N–H and O–H groups in total. The number of aryl methyl sites for hydroxylation is 1. The van der Waals surface area contributed by atoms with E-state index in [9.17, 15) is 4.39 Å². The van der Waals surface area contributed by atoms with Gasteiger partial charge in [0.2, 0.25) is 0 Å². The molecule has 0 amide bonds. The predicted octanol–water partition coefficient (Wildman–Crippen LogP) is 1.72. The van der Waals surface area contributed by atoms with Crippen LogP contribution in [0.15, 0.2) is 29.3 Å². The van der Waals surface area contributed by atoms with E-state index in [4.69, 9.17) is 9.47 Å². The van der Waals surface area contributed by atoms with Gasteiger partial charge in [-0.25, -0.2) is 9.38 Å². The number of halogens is 2. The zero-order valence-corrected chi connectivity index (χ0v) is 21.2. The summed E-state index contributed by atoms with van der Waals surface area (Å²) in [5.41, 5.74) is 0. The number of ether oxygens (including phenoxy) is 2. The standard InChI is InChI=1S/C21H32FN7O2.HI/c1-16(31-19-6-4-5-18(22)13-19)14-24-21(23-7-8-29-9-11-30-12-10-29)25-15-20-27-26-17(2)28(20)3;/h4-6,13,16H,7-12,14-15H2,1-3H3,(H2,23,24,25);1H. The molecule has 1 aromatic carbocycles. The Morgan fingerprint density at radius 3 is 2.75 bits per heavy atom. The number of hydrogen-bond donors (Lipinski definition) is 2. The van der Waals surface area contributed by atoms with E-state index in [-0.39, 0.29) is 35.9 Å². The highest BCUT2D eigenvalue weighted by Crippen LogP contribution is 2.13. The van der Waals surface area contributed by atoms with Crippen LogP contribution in [0.1, 0.15) is 18.6 Å². The number of aliphatic imine (C=N–C) groups is 1. The van der Waals surface area contributed by atoms with Crippen molar-refractivity contribution in [3.8, 4) is 5.75 Å². The lowest BCUT2D eigenvalue weighted by atomic mass is 10.3. The summed E-state index contributed by atoms with van der Waals surface area (Å²) >= 11 is 0. The lowest BCUT2D eigenvalue weighted by molar-refractivity contribution is 0.0389. The summed E-state index contributed by atoms with van der Waals surface area (Å²) in [4.78, 5) is 7.01. The Balaban J connectivity index is 0.00000363. The Morgan fingerprint density at radius 1 is 1.28 bits per heavy atom. The summed E-state index contributed by atoms with van der Waals surface area (Å²) in [6.07, 6.45) is -0.176. The van der Waals surface area contributed by atoms with Crippen molar-refractivity contribution in [1.82, 2.24) is 30.3 Å². The quantitative estimate of drug-likeness (QED) is 0.274. The molecule has 9 nitrogen and oxygen atoms in total. The third kappa shape index (κ3) is 8.51. The van der Waals surface area contributed by atoms with Crippen molar-refractivity contribution in [1.29, 1.82) is 0 Å². The minimum atomic E-state index is -0.316. The monoisotopic (exact) mass is 561 g/mol. The maximum atomic E-state index is 13.4. The van der Waals surface area contributed by atoms with E-state index >= 15 is 0 Å². The van der Waals surface area contributed by atoms with Gasteiger partial charge in [0.05, 0.1) is 19.8 Å². The van der Waals surface area contributed by atoms with Crippen molar-refractivity contribution >= 4 is 29.9 Å². The number of hydrogen-bond acceptors (Lipinski definition) is 6. The van der Waals surface area contributed by atoms with Gasteiger partial charge in [-0.15, -0.1) is 34.2 Å².